The number of anilines is 1. The maximum Gasteiger partial charge on any atom is 0.269 e. The summed E-state index contributed by atoms with van der Waals surface area (Å²) >= 11 is 0. The van der Waals surface area contributed by atoms with E-state index in [0.29, 0.717) is 11.3 Å². The minimum absolute atomic E-state index is 0.0633. The van der Waals surface area contributed by atoms with E-state index in [-0.39, 0.29) is 16.5 Å². The van der Waals surface area contributed by atoms with Crippen molar-refractivity contribution in [3.05, 3.63) is 99.6 Å². The molecule has 0 saturated carbocycles. The molecule has 0 saturated heterocycles. The Morgan fingerprint density at radius 2 is 1.63 bits per heavy atom. The number of nitrogens with one attached hydrogen (secondary N) is 1. The standard InChI is InChI=1S/C25H26N4O5S/c1-18(2)21-8-12-22(13-9-21)28(35(33,34)24-14-4-19(3)5-15-24)17-25(30)27-26-16-20-6-10-23(11-7-20)29(31)32/h4-16,18H,17H2,1-3H3,(H,27,30)/b26-16-. The summed E-state index contributed by atoms with van der Waals surface area (Å²) in [5.74, 6) is -0.380. The summed E-state index contributed by atoms with van der Waals surface area (Å²) in [6.45, 7) is 5.43. The Kier molecular flexibility index (Phi) is 7.98. The first kappa shape index (κ1) is 25.6. The van der Waals surface area contributed by atoms with Crippen molar-refractivity contribution in [2.45, 2.75) is 31.6 Å². The number of non-ortho nitro benzene ring substituents is 1. The largest absolute Gasteiger partial charge is 0.271 e. The molecule has 0 aliphatic rings. The third-order valence-electron chi connectivity index (χ3n) is 5.25. The summed E-state index contributed by atoms with van der Waals surface area (Å²) in [4.78, 5) is 22.9. The van der Waals surface area contributed by atoms with Crippen LogP contribution in [0, 0.1) is 17.0 Å². The number of carbonyl (C=O) groups is 1. The van der Waals surface area contributed by atoms with Crippen molar-refractivity contribution in [1.82, 2.24) is 5.43 Å². The van der Waals surface area contributed by atoms with E-state index in [1.54, 1.807) is 24.3 Å². The van der Waals surface area contributed by atoms with Crippen LogP contribution in [0.15, 0.2) is 82.8 Å². The number of rotatable bonds is 9. The van der Waals surface area contributed by atoms with Crippen molar-refractivity contribution >= 4 is 33.5 Å². The minimum Gasteiger partial charge on any atom is -0.271 e. The number of hydrazone groups is 1. The second-order valence-electron chi connectivity index (χ2n) is 8.21. The van der Waals surface area contributed by atoms with Gasteiger partial charge in [-0.2, -0.15) is 5.10 Å². The highest BCUT2D eigenvalue weighted by Crippen LogP contribution is 2.26. The van der Waals surface area contributed by atoms with Gasteiger partial charge in [-0.3, -0.25) is 19.2 Å². The van der Waals surface area contributed by atoms with Gasteiger partial charge >= 0.3 is 0 Å². The predicted molar refractivity (Wildman–Crippen MR) is 135 cm³/mol. The Balaban J connectivity index is 1.82. The monoisotopic (exact) mass is 494 g/mol. The lowest BCUT2D eigenvalue weighted by molar-refractivity contribution is -0.384. The SMILES string of the molecule is Cc1ccc(S(=O)(=O)N(CC(=O)N/N=C\c2ccc([N+](=O)[O-])cc2)c2ccc(C(C)C)cc2)cc1. The van der Waals surface area contributed by atoms with Crippen LogP contribution in [0.4, 0.5) is 11.4 Å². The van der Waals surface area contributed by atoms with E-state index in [4.69, 9.17) is 0 Å². The summed E-state index contributed by atoms with van der Waals surface area (Å²) in [5, 5.41) is 14.6. The number of amides is 1. The molecule has 3 aromatic rings. The molecule has 10 heteroatoms. The fourth-order valence-electron chi connectivity index (χ4n) is 3.20. The number of hydrogen-bond acceptors (Lipinski definition) is 6. The first-order valence-corrected chi connectivity index (χ1v) is 12.3. The summed E-state index contributed by atoms with van der Waals surface area (Å²) in [6.07, 6.45) is 1.32. The molecular weight excluding hydrogens is 468 g/mol. The fraction of sp³-hybridized carbons (Fsp3) is 0.200. The molecule has 0 aliphatic heterocycles. The van der Waals surface area contributed by atoms with Crippen molar-refractivity contribution in [2.24, 2.45) is 5.10 Å². The molecule has 1 amide bonds. The molecule has 0 aliphatic carbocycles. The highest BCUT2D eigenvalue weighted by Gasteiger charge is 2.27. The maximum absolute atomic E-state index is 13.4. The number of carbonyl (C=O) groups excluding carboxylic acids is 1. The second-order valence-corrected chi connectivity index (χ2v) is 10.1. The van der Waals surface area contributed by atoms with Crippen molar-refractivity contribution in [1.29, 1.82) is 0 Å². The Morgan fingerprint density at radius 1 is 1.03 bits per heavy atom. The number of benzene rings is 3. The third-order valence-corrected chi connectivity index (χ3v) is 7.04. The summed E-state index contributed by atoms with van der Waals surface area (Å²) in [5.41, 5.74) is 5.09. The molecule has 3 aromatic carbocycles. The number of nitro groups is 1. The van der Waals surface area contributed by atoms with E-state index >= 15 is 0 Å². The quantitative estimate of drug-likeness (QED) is 0.269. The molecule has 0 fully saturated rings. The van der Waals surface area contributed by atoms with Gasteiger partial charge < -0.3 is 0 Å². The van der Waals surface area contributed by atoms with E-state index in [9.17, 15) is 23.3 Å². The van der Waals surface area contributed by atoms with Gasteiger partial charge in [0.15, 0.2) is 0 Å². The van der Waals surface area contributed by atoms with Crippen LogP contribution in [0.3, 0.4) is 0 Å². The first-order valence-electron chi connectivity index (χ1n) is 10.8. The summed E-state index contributed by atoms with van der Waals surface area (Å²) in [6, 6.07) is 19.0. The molecule has 0 unspecified atom stereocenters. The van der Waals surface area contributed by atoms with Crippen molar-refractivity contribution < 1.29 is 18.1 Å². The third kappa shape index (κ3) is 6.51. The van der Waals surface area contributed by atoms with E-state index in [1.165, 1.54) is 42.6 Å². The second kappa shape index (κ2) is 10.9. The van der Waals surface area contributed by atoms with Crippen LogP contribution in [0.5, 0.6) is 0 Å². The fourth-order valence-corrected chi connectivity index (χ4v) is 4.63. The van der Waals surface area contributed by atoms with Crippen LogP contribution in [0.25, 0.3) is 0 Å². The van der Waals surface area contributed by atoms with E-state index < -0.39 is 27.4 Å². The Bertz CT molecular complexity index is 1320. The number of nitro benzene ring substituents is 1. The maximum atomic E-state index is 13.4. The number of hydrogen-bond donors (Lipinski definition) is 1. The zero-order valence-corrected chi connectivity index (χ0v) is 20.4. The van der Waals surface area contributed by atoms with E-state index in [0.717, 1.165) is 15.4 Å². The lowest BCUT2D eigenvalue weighted by atomic mass is 10.0. The molecule has 1 N–H and O–H groups in total. The van der Waals surface area contributed by atoms with Gasteiger partial charge in [0.2, 0.25) is 0 Å². The summed E-state index contributed by atoms with van der Waals surface area (Å²) in [7, 11) is -4.03. The van der Waals surface area contributed by atoms with E-state index in [2.05, 4.69) is 10.5 Å². The van der Waals surface area contributed by atoms with Gasteiger partial charge in [0.1, 0.15) is 6.54 Å². The van der Waals surface area contributed by atoms with Gasteiger partial charge in [0.25, 0.3) is 21.6 Å². The van der Waals surface area contributed by atoms with Crippen LogP contribution in [0.2, 0.25) is 0 Å². The molecule has 182 valence electrons. The molecule has 3 rings (SSSR count). The number of nitrogens with zero attached hydrogens (tertiary/aromatic N) is 3. The van der Waals surface area contributed by atoms with Crippen LogP contribution in [-0.2, 0) is 14.8 Å². The Hall–Kier alpha value is -4.05. The van der Waals surface area contributed by atoms with Crippen LogP contribution >= 0.6 is 0 Å². The van der Waals surface area contributed by atoms with Crippen LogP contribution < -0.4 is 9.73 Å². The summed E-state index contributed by atoms with van der Waals surface area (Å²) < 4.78 is 27.9. The Morgan fingerprint density at radius 3 is 2.17 bits per heavy atom. The molecule has 0 heterocycles. The molecule has 0 spiro atoms. The van der Waals surface area contributed by atoms with Gasteiger partial charge in [-0.25, -0.2) is 13.8 Å². The van der Waals surface area contributed by atoms with Crippen molar-refractivity contribution in [3.63, 3.8) is 0 Å². The highest BCUT2D eigenvalue weighted by molar-refractivity contribution is 7.92. The molecule has 0 atom stereocenters. The molecule has 9 nitrogen and oxygen atoms in total. The van der Waals surface area contributed by atoms with Crippen molar-refractivity contribution in [3.8, 4) is 0 Å². The highest BCUT2D eigenvalue weighted by atomic mass is 32.2. The smallest absolute Gasteiger partial charge is 0.269 e. The predicted octanol–water partition coefficient (Wildman–Crippen LogP) is 4.37. The molecular formula is C25H26N4O5S. The van der Waals surface area contributed by atoms with Crippen molar-refractivity contribution in [2.75, 3.05) is 10.8 Å². The molecule has 0 radical (unpaired) electrons. The Labute approximate surface area is 204 Å². The van der Waals surface area contributed by atoms with Gasteiger partial charge in [-0.1, -0.05) is 43.7 Å². The minimum atomic E-state index is -4.03. The molecule has 0 aromatic heterocycles. The lowest BCUT2D eigenvalue weighted by Gasteiger charge is -2.24. The van der Waals surface area contributed by atoms with Crippen LogP contribution in [0.1, 0.15) is 36.5 Å². The van der Waals surface area contributed by atoms with Gasteiger partial charge in [-0.05, 0) is 60.4 Å². The molecule has 0 bridgehead atoms. The zero-order chi connectivity index (χ0) is 25.6. The van der Waals surface area contributed by atoms with Gasteiger partial charge in [0, 0.05) is 12.1 Å². The average Bonchev–Trinajstić information content (AvgIpc) is 2.83. The average molecular weight is 495 g/mol. The van der Waals surface area contributed by atoms with Crippen LogP contribution in [-0.4, -0.2) is 32.0 Å². The first-order chi connectivity index (χ1) is 16.6. The number of aryl methyl sites for hydroxylation is 1. The topological polar surface area (TPSA) is 122 Å². The molecule has 35 heavy (non-hydrogen) atoms. The van der Waals surface area contributed by atoms with Gasteiger partial charge in [0.05, 0.1) is 21.7 Å². The van der Waals surface area contributed by atoms with Gasteiger partial charge in [-0.15, -0.1) is 0 Å². The lowest BCUT2D eigenvalue weighted by Crippen LogP contribution is -2.39. The number of sulfonamides is 1. The van der Waals surface area contributed by atoms with E-state index in [1.807, 2.05) is 32.9 Å². The normalized spacial score (nSPS) is 11.5. The zero-order valence-electron chi connectivity index (χ0n) is 19.6.